The molecule has 0 fully saturated rings. The van der Waals surface area contributed by atoms with Gasteiger partial charge in [-0.15, -0.1) is 0 Å². The van der Waals surface area contributed by atoms with Crippen LogP contribution in [-0.2, 0) is 0 Å². The molecule has 1 aromatic carbocycles. The van der Waals surface area contributed by atoms with Crippen LogP contribution in [0.3, 0.4) is 0 Å². The summed E-state index contributed by atoms with van der Waals surface area (Å²) in [6, 6.07) is 9.95. The highest BCUT2D eigenvalue weighted by Crippen LogP contribution is 2.12. The van der Waals surface area contributed by atoms with Crippen molar-refractivity contribution in [3.8, 4) is 0 Å². The molecule has 0 saturated heterocycles. The van der Waals surface area contributed by atoms with Gasteiger partial charge >= 0.3 is 6.03 Å². The fraction of sp³-hybridized carbons (Fsp3) is 0.708. The molecular formula is C24H44N4O. The Kier molecular flexibility index (Phi) is 13.4. The Bertz CT molecular complexity index is 525. The summed E-state index contributed by atoms with van der Waals surface area (Å²) in [6.07, 6.45) is 4.83. The standard InChI is InChI=1S/C24H44N4O/c1-6-11-18-27(19-12-7-2)21-23(20-26(8-3)9-4)28(10-5)24(29)25-22-16-14-13-15-17-22/h13-17,23H,6-12,18-21H2,1-5H3,(H,25,29)/t23-/m1/s1. The smallest absolute Gasteiger partial charge is 0.319 e. The number of likely N-dealkylation sites (N-methyl/N-ethyl adjacent to an activating group) is 2. The summed E-state index contributed by atoms with van der Waals surface area (Å²) in [5, 5.41) is 3.09. The first kappa shape index (κ1) is 25.4. The van der Waals surface area contributed by atoms with Gasteiger partial charge in [0, 0.05) is 25.3 Å². The number of nitrogens with one attached hydrogen (secondary N) is 1. The Balaban J connectivity index is 2.96. The summed E-state index contributed by atoms with van der Waals surface area (Å²) >= 11 is 0. The van der Waals surface area contributed by atoms with Gasteiger partial charge in [-0.3, -0.25) is 0 Å². The fourth-order valence-corrected chi connectivity index (χ4v) is 3.67. The van der Waals surface area contributed by atoms with Crippen LogP contribution >= 0.6 is 0 Å². The van der Waals surface area contributed by atoms with Crippen molar-refractivity contribution >= 4 is 11.7 Å². The number of para-hydroxylation sites is 1. The molecule has 0 aliphatic rings. The van der Waals surface area contributed by atoms with Crippen LogP contribution in [0.2, 0.25) is 0 Å². The Morgan fingerprint density at radius 2 is 1.38 bits per heavy atom. The van der Waals surface area contributed by atoms with Crippen molar-refractivity contribution in [1.29, 1.82) is 0 Å². The Morgan fingerprint density at radius 1 is 0.828 bits per heavy atom. The van der Waals surface area contributed by atoms with Crippen molar-refractivity contribution < 1.29 is 4.79 Å². The highest BCUT2D eigenvalue weighted by atomic mass is 16.2. The van der Waals surface area contributed by atoms with E-state index < -0.39 is 0 Å². The summed E-state index contributed by atoms with van der Waals surface area (Å²) < 4.78 is 0. The number of carbonyl (C=O) groups is 1. The van der Waals surface area contributed by atoms with E-state index in [1.54, 1.807) is 0 Å². The first-order valence-electron chi connectivity index (χ1n) is 11.7. The van der Waals surface area contributed by atoms with E-state index in [9.17, 15) is 4.79 Å². The molecule has 1 N–H and O–H groups in total. The van der Waals surface area contributed by atoms with Gasteiger partial charge in [-0.1, -0.05) is 58.7 Å². The van der Waals surface area contributed by atoms with Crippen LogP contribution in [0, 0.1) is 0 Å². The highest BCUT2D eigenvalue weighted by molar-refractivity contribution is 5.89. The molecule has 29 heavy (non-hydrogen) atoms. The van der Waals surface area contributed by atoms with Crippen molar-refractivity contribution in [2.45, 2.75) is 66.3 Å². The highest BCUT2D eigenvalue weighted by Gasteiger charge is 2.26. The van der Waals surface area contributed by atoms with Crippen molar-refractivity contribution in [3.05, 3.63) is 30.3 Å². The van der Waals surface area contributed by atoms with Crippen molar-refractivity contribution in [3.63, 3.8) is 0 Å². The predicted molar refractivity (Wildman–Crippen MR) is 126 cm³/mol. The quantitative estimate of drug-likeness (QED) is 0.439. The first-order valence-corrected chi connectivity index (χ1v) is 11.7. The normalized spacial score (nSPS) is 12.4. The van der Waals surface area contributed by atoms with E-state index in [1.165, 1.54) is 25.7 Å². The summed E-state index contributed by atoms with van der Waals surface area (Å²) in [6.45, 7) is 17.8. The number of hydrogen-bond acceptors (Lipinski definition) is 3. The van der Waals surface area contributed by atoms with Gasteiger partial charge in [0.15, 0.2) is 0 Å². The molecule has 0 radical (unpaired) electrons. The summed E-state index contributed by atoms with van der Waals surface area (Å²) in [7, 11) is 0. The van der Waals surface area contributed by atoms with Crippen LogP contribution in [0.4, 0.5) is 10.5 Å². The van der Waals surface area contributed by atoms with Crippen molar-refractivity contribution in [2.75, 3.05) is 51.1 Å². The van der Waals surface area contributed by atoms with Crippen LogP contribution in [0.25, 0.3) is 0 Å². The van der Waals surface area contributed by atoms with Crippen LogP contribution in [0.15, 0.2) is 30.3 Å². The zero-order valence-electron chi connectivity index (χ0n) is 19.5. The number of amides is 2. The van der Waals surface area contributed by atoms with E-state index in [0.29, 0.717) is 6.54 Å². The molecular weight excluding hydrogens is 360 g/mol. The third-order valence-corrected chi connectivity index (χ3v) is 5.56. The van der Waals surface area contributed by atoms with E-state index in [4.69, 9.17) is 0 Å². The lowest BCUT2D eigenvalue weighted by atomic mass is 10.1. The lowest BCUT2D eigenvalue weighted by molar-refractivity contribution is 0.124. The number of carbonyl (C=O) groups excluding carboxylic acids is 1. The van der Waals surface area contributed by atoms with E-state index in [0.717, 1.165) is 45.0 Å². The number of hydrogen-bond donors (Lipinski definition) is 1. The van der Waals surface area contributed by atoms with Gasteiger partial charge in [0.25, 0.3) is 0 Å². The topological polar surface area (TPSA) is 38.8 Å². The average Bonchev–Trinajstić information content (AvgIpc) is 2.74. The van der Waals surface area contributed by atoms with Crippen LogP contribution in [0.5, 0.6) is 0 Å². The summed E-state index contributed by atoms with van der Waals surface area (Å²) in [5.74, 6) is 0. The number of benzene rings is 1. The van der Waals surface area contributed by atoms with Gasteiger partial charge in [-0.05, 0) is 58.1 Å². The first-order chi connectivity index (χ1) is 14.1. The Hall–Kier alpha value is -1.59. The fourth-order valence-electron chi connectivity index (χ4n) is 3.67. The molecule has 0 aliphatic carbocycles. The molecule has 2 amide bonds. The molecule has 0 aromatic heterocycles. The third-order valence-electron chi connectivity index (χ3n) is 5.56. The number of urea groups is 1. The number of rotatable bonds is 15. The molecule has 166 valence electrons. The second-order valence-corrected chi connectivity index (χ2v) is 7.73. The largest absolute Gasteiger partial charge is 0.322 e. The SMILES string of the molecule is CCCCN(CCCC)C[C@@H](CN(CC)CC)N(CC)C(=O)Nc1ccccc1. The molecule has 1 rings (SSSR count). The van der Waals surface area contributed by atoms with Crippen LogP contribution in [0.1, 0.15) is 60.3 Å². The maximum Gasteiger partial charge on any atom is 0.322 e. The summed E-state index contributed by atoms with van der Waals surface area (Å²) in [5.41, 5.74) is 0.853. The number of unbranched alkanes of at least 4 members (excludes halogenated alkanes) is 2. The van der Waals surface area contributed by atoms with Crippen LogP contribution < -0.4 is 5.32 Å². The molecule has 5 heteroatoms. The number of anilines is 1. The molecule has 0 spiro atoms. The monoisotopic (exact) mass is 404 g/mol. The van der Waals surface area contributed by atoms with Gasteiger partial charge in [0.1, 0.15) is 0 Å². The minimum atomic E-state index is 0.00166. The molecule has 1 aromatic rings. The van der Waals surface area contributed by atoms with Gasteiger partial charge in [-0.2, -0.15) is 0 Å². The second kappa shape index (κ2) is 15.3. The van der Waals surface area contributed by atoms with Crippen molar-refractivity contribution in [2.24, 2.45) is 0 Å². The average molecular weight is 405 g/mol. The maximum atomic E-state index is 13.1. The lowest BCUT2D eigenvalue weighted by Gasteiger charge is -2.37. The zero-order valence-corrected chi connectivity index (χ0v) is 19.5. The molecule has 0 unspecified atom stereocenters. The minimum absolute atomic E-state index is 0.00166. The second-order valence-electron chi connectivity index (χ2n) is 7.73. The summed E-state index contributed by atoms with van der Waals surface area (Å²) in [4.78, 5) is 20.2. The number of nitrogens with zero attached hydrogens (tertiary/aromatic N) is 3. The van der Waals surface area contributed by atoms with Gasteiger partial charge in [0.05, 0.1) is 6.04 Å². The maximum absolute atomic E-state index is 13.1. The van der Waals surface area contributed by atoms with Gasteiger partial charge in [-0.25, -0.2) is 4.79 Å². The lowest BCUT2D eigenvalue weighted by Crippen LogP contribution is -2.53. The zero-order chi connectivity index (χ0) is 21.5. The Labute approximate surface area is 179 Å². The van der Waals surface area contributed by atoms with Gasteiger partial charge < -0.3 is 20.0 Å². The predicted octanol–water partition coefficient (Wildman–Crippen LogP) is 5.15. The van der Waals surface area contributed by atoms with E-state index >= 15 is 0 Å². The van der Waals surface area contributed by atoms with E-state index in [-0.39, 0.29) is 12.1 Å². The molecule has 0 heterocycles. The molecule has 0 bridgehead atoms. The van der Waals surface area contributed by atoms with E-state index in [1.807, 2.05) is 35.2 Å². The minimum Gasteiger partial charge on any atom is -0.319 e. The molecule has 0 aliphatic heterocycles. The van der Waals surface area contributed by atoms with E-state index in [2.05, 4.69) is 49.7 Å². The molecule has 5 nitrogen and oxygen atoms in total. The van der Waals surface area contributed by atoms with Gasteiger partial charge in [0.2, 0.25) is 0 Å². The Morgan fingerprint density at radius 3 is 1.86 bits per heavy atom. The molecule has 0 saturated carbocycles. The molecule has 1 atom stereocenters. The van der Waals surface area contributed by atoms with Crippen LogP contribution in [-0.4, -0.2) is 72.6 Å². The third kappa shape index (κ3) is 9.64. The van der Waals surface area contributed by atoms with Crippen molar-refractivity contribution in [1.82, 2.24) is 14.7 Å².